The predicted molar refractivity (Wildman–Crippen MR) is 101 cm³/mol. The SMILES string of the molecule is CN(C(=O)[C@H]1CCCN(c2cnccn2)C1)C1C2CC3CC(C2)CC1C3. The molecule has 5 heteroatoms. The Morgan fingerprint density at radius 3 is 2.50 bits per heavy atom. The number of aromatic nitrogens is 2. The van der Waals surface area contributed by atoms with Crippen LogP contribution < -0.4 is 4.90 Å². The molecular formula is C21H30N4O. The molecule has 0 N–H and O–H groups in total. The number of piperidine rings is 1. The standard InChI is InChI=1S/C21H30N4O/c1-24(20-17-8-14-7-15(10-17)11-18(20)9-14)21(26)16-3-2-6-25(13-16)19-12-22-4-5-23-19/h4-5,12,14-18,20H,2-3,6-11,13H2,1H3/t14?,15?,16-,17?,18?,20?/m0/s1. The van der Waals surface area contributed by atoms with E-state index in [2.05, 4.69) is 26.8 Å². The van der Waals surface area contributed by atoms with Crippen LogP contribution in [0.5, 0.6) is 0 Å². The Balaban J connectivity index is 1.28. The molecule has 5 nitrogen and oxygen atoms in total. The van der Waals surface area contributed by atoms with Gasteiger partial charge in [-0.2, -0.15) is 0 Å². The van der Waals surface area contributed by atoms with Gasteiger partial charge >= 0.3 is 0 Å². The maximum absolute atomic E-state index is 13.4. The number of hydrogen-bond acceptors (Lipinski definition) is 4. The molecule has 6 rings (SSSR count). The molecule has 4 bridgehead atoms. The Kier molecular flexibility index (Phi) is 4.13. The second-order valence-corrected chi connectivity index (χ2v) is 9.22. The molecule has 1 aliphatic heterocycles. The third-order valence-electron chi connectivity index (χ3n) is 7.62. The normalized spacial score (nSPS) is 38.4. The zero-order chi connectivity index (χ0) is 17.7. The molecule has 26 heavy (non-hydrogen) atoms. The molecule has 2 heterocycles. The molecule has 0 unspecified atom stereocenters. The summed E-state index contributed by atoms with van der Waals surface area (Å²) in [6.45, 7) is 1.76. The summed E-state index contributed by atoms with van der Waals surface area (Å²) in [6.07, 6.45) is 14.3. The highest BCUT2D eigenvalue weighted by Crippen LogP contribution is 2.55. The number of carbonyl (C=O) groups excluding carboxylic acids is 1. The van der Waals surface area contributed by atoms with Crippen LogP contribution in [0.25, 0.3) is 0 Å². The van der Waals surface area contributed by atoms with E-state index < -0.39 is 0 Å². The number of anilines is 1. The van der Waals surface area contributed by atoms with Crippen LogP contribution in [-0.4, -0.2) is 47.0 Å². The summed E-state index contributed by atoms with van der Waals surface area (Å²) < 4.78 is 0. The van der Waals surface area contributed by atoms with Crippen LogP contribution in [0.2, 0.25) is 0 Å². The van der Waals surface area contributed by atoms with Crippen LogP contribution in [0.4, 0.5) is 5.82 Å². The number of amides is 1. The molecule has 1 saturated heterocycles. The van der Waals surface area contributed by atoms with Crippen molar-refractivity contribution in [3.63, 3.8) is 0 Å². The summed E-state index contributed by atoms with van der Waals surface area (Å²) in [5.41, 5.74) is 0. The first-order chi connectivity index (χ1) is 12.7. The molecule has 1 aromatic heterocycles. The smallest absolute Gasteiger partial charge is 0.227 e. The van der Waals surface area contributed by atoms with E-state index in [4.69, 9.17) is 0 Å². The van der Waals surface area contributed by atoms with E-state index in [0.717, 1.165) is 55.4 Å². The Labute approximate surface area is 156 Å². The number of rotatable bonds is 3. The van der Waals surface area contributed by atoms with Gasteiger partial charge in [0.25, 0.3) is 0 Å². The van der Waals surface area contributed by atoms with Gasteiger partial charge in [0.05, 0.1) is 12.1 Å². The average molecular weight is 354 g/mol. The van der Waals surface area contributed by atoms with Crippen LogP contribution in [0.3, 0.4) is 0 Å². The lowest BCUT2D eigenvalue weighted by Crippen LogP contribution is -2.58. The van der Waals surface area contributed by atoms with Gasteiger partial charge in [0.2, 0.25) is 5.91 Å². The Morgan fingerprint density at radius 1 is 1.12 bits per heavy atom. The van der Waals surface area contributed by atoms with Crippen molar-refractivity contribution in [2.45, 2.75) is 51.0 Å². The maximum Gasteiger partial charge on any atom is 0.227 e. The minimum atomic E-state index is 0.105. The fraction of sp³-hybridized carbons (Fsp3) is 0.762. The zero-order valence-corrected chi connectivity index (χ0v) is 15.8. The Bertz CT molecular complexity index is 635. The largest absolute Gasteiger partial charge is 0.355 e. The van der Waals surface area contributed by atoms with E-state index in [1.807, 2.05) is 6.20 Å². The van der Waals surface area contributed by atoms with Crippen molar-refractivity contribution in [3.8, 4) is 0 Å². The minimum Gasteiger partial charge on any atom is -0.355 e. The van der Waals surface area contributed by atoms with E-state index in [-0.39, 0.29) is 5.92 Å². The van der Waals surface area contributed by atoms with Crippen LogP contribution in [0.15, 0.2) is 18.6 Å². The van der Waals surface area contributed by atoms with E-state index in [1.165, 1.54) is 32.1 Å². The molecule has 0 aromatic carbocycles. The summed E-state index contributed by atoms with van der Waals surface area (Å²) in [5.74, 6) is 4.82. The highest BCUT2D eigenvalue weighted by atomic mass is 16.2. The lowest BCUT2D eigenvalue weighted by atomic mass is 9.54. The monoisotopic (exact) mass is 354 g/mol. The van der Waals surface area contributed by atoms with Gasteiger partial charge in [-0.3, -0.25) is 9.78 Å². The van der Waals surface area contributed by atoms with Crippen molar-refractivity contribution < 1.29 is 4.79 Å². The average Bonchev–Trinajstić information content (AvgIpc) is 2.67. The Morgan fingerprint density at radius 2 is 1.85 bits per heavy atom. The number of carbonyl (C=O) groups is 1. The van der Waals surface area contributed by atoms with E-state index in [9.17, 15) is 4.79 Å². The second-order valence-electron chi connectivity index (χ2n) is 9.22. The van der Waals surface area contributed by atoms with E-state index in [0.29, 0.717) is 11.9 Å². The molecule has 1 atom stereocenters. The second kappa shape index (κ2) is 6.50. The maximum atomic E-state index is 13.4. The van der Waals surface area contributed by atoms with Crippen LogP contribution in [0.1, 0.15) is 44.9 Å². The van der Waals surface area contributed by atoms with Crippen molar-refractivity contribution in [3.05, 3.63) is 18.6 Å². The fourth-order valence-electron chi connectivity index (χ4n) is 6.81. The van der Waals surface area contributed by atoms with E-state index in [1.54, 1.807) is 12.4 Å². The molecule has 140 valence electrons. The van der Waals surface area contributed by atoms with Gasteiger partial charge in [0.1, 0.15) is 5.82 Å². The number of nitrogens with zero attached hydrogens (tertiary/aromatic N) is 4. The molecule has 5 aliphatic rings. The first-order valence-corrected chi connectivity index (χ1v) is 10.5. The lowest BCUT2D eigenvalue weighted by molar-refractivity contribution is -0.145. The highest BCUT2D eigenvalue weighted by Gasteiger charge is 2.50. The molecule has 1 amide bonds. The van der Waals surface area contributed by atoms with Crippen LogP contribution >= 0.6 is 0 Å². The summed E-state index contributed by atoms with van der Waals surface area (Å²) in [7, 11) is 2.09. The van der Waals surface area contributed by atoms with Crippen molar-refractivity contribution in [1.29, 1.82) is 0 Å². The van der Waals surface area contributed by atoms with Gasteiger partial charge in [0.15, 0.2) is 0 Å². The fourth-order valence-corrected chi connectivity index (χ4v) is 6.81. The van der Waals surface area contributed by atoms with Gasteiger partial charge in [-0.05, 0) is 68.6 Å². The summed E-state index contributed by atoms with van der Waals surface area (Å²) >= 11 is 0. The molecule has 4 aliphatic carbocycles. The first kappa shape index (κ1) is 16.5. The van der Waals surface area contributed by atoms with Crippen LogP contribution in [-0.2, 0) is 4.79 Å². The molecule has 4 saturated carbocycles. The molecule has 0 radical (unpaired) electrons. The van der Waals surface area contributed by atoms with Gasteiger partial charge in [-0.1, -0.05) is 0 Å². The first-order valence-electron chi connectivity index (χ1n) is 10.5. The molecule has 0 spiro atoms. The van der Waals surface area contributed by atoms with Crippen LogP contribution in [0, 0.1) is 29.6 Å². The molecular weight excluding hydrogens is 324 g/mol. The zero-order valence-electron chi connectivity index (χ0n) is 15.8. The van der Waals surface area contributed by atoms with E-state index >= 15 is 0 Å². The quantitative estimate of drug-likeness (QED) is 0.837. The third kappa shape index (κ3) is 2.80. The number of hydrogen-bond donors (Lipinski definition) is 0. The molecule has 1 aromatic rings. The van der Waals surface area contributed by atoms with Crippen molar-refractivity contribution in [2.24, 2.45) is 29.6 Å². The Hall–Kier alpha value is -1.65. The highest BCUT2D eigenvalue weighted by molar-refractivity contribution is 5.80. The summed E-state index contributed by atoms with van der Waals surface area (Å²) in [4.78, 5) is 26.4. The van der Waals surface area contributed by atoms with Crippen molar-refractivity contribution in [2.75, 3.05) is 25.0 Å². The van der Waals surface area contributed by atoms with Gasteiger partial charge in [-0.15, -0.1) is 0 Å². The van der Waals surface area contributed by atoms with Crippen molar-refractivity contribution >= 4 is 11.7 Å². The molecule has 5 fully saturated rings. The van der Waals surface area contributed by atoms with Crippen molar-refractivity contribution in [1.82, 2.24) is 14.9 Å². The minimum absolute atomic E-state index is 0.105. The lowest BCUT2D eigenvalue weighted by Gasteiger charge is -2.57. The predicted octanol–water partition coefficient (Wildman–Crippen LogP) is 2.98. The summed E-state index contributed by atoms with van der Waals surface area (Å²) in [6, 6.07) is 0.502. The van der Waals surface area contributed by atoms with Gasteiger partial charge < -0.3 is 9.80 Å². The van der Waals surface area contributed by atoms with Gasteiger partial charge in [-0.25, -0.2) is 4.98 Å². The van der Waals surface area contributed by atoms with Gasteiger partial charge in [0, 0.05) is 38.6 Å². The topological polar surface area (TPSA) is 49.3 Å². The third-order valence-corrected chi connectivity index (χ3v) is 7.62. The summed E-state index contributed by atoms with van der Waals surface area (Å²) in [5, 5.41) is 0.